The van der Waals surface area contributed by atoms with E-state index in [9.17, 15) is 14.4 Å². The Morgan fingerprint density at radius 3 is 2.59 bits per heavy atom. The molecular weight excluding hydrogens is 412 g/mol. The number of aliphatic hydroxyl groups excluding tert-OH is 1. The van der Waals surface area contributed by atoms with Gasteiger partial charge in [0.05, 0.1) is 24.2 Å². The number of thiocarbonyl (C=S) groups is 1. The highest BCUT2D eigenvalue weighted by atomic mass is 32.2. The molecular formula is C20H24N2O5S2. The number of aliphatic hydroxyl groups is 1. The number of carbonyl (C=O) groups excluding carboxylic acids is 3. The Bertz CT molecular complexity index is 808. The molecule has 1 fully saturated rings. The first kappa shape index (κ1) is 23.1. The van der Waals surface area contributed by atoms with Crippen molar-refractivity contribution in [1.82, 2.24) is 9.80 Å². The van der Waals surface area contributed by atoms with Crippen LogP contribution in [0.5, 0.6) is 0 Å². The summed E-state index contributed by atoms with van der Waals surface area (Å²) in [4.78, 5) is 39.9. The summed E-state index contributed by atoms with van der Waals surface area (Å²) >= 11 is 6.53. The van der Waals surface area contributed by atoms with Crippen LogP contribution >= 0.6 is 24.0 Å². The minimum atomic E-state index is -0.418. The van der Waals surface area contributed by atoms with Gasteiger partial charge in [0.15, 0.2) is 0 Å². The Morgan fingerprint density at radius 2 is 2.00 bits per heavy atom. The molecule has 0 atom stereocenters. The average Bonchev–Trinajstić information content (AvgIpc) is 2.99. The number of hydrogen-bond donors (Lipinski definition) is 1. The average molecular weight is 437 g/mol. The van der Waals surface area contributed by atoms with Gasteiger partial charge in [0.1, 0.15) is 4.32 Å². The molecule has 0 spiro atoms. The molecule has 2 rings (SSSR count). The lowest BCUT2D eigenvalue weighted by Gasteiger charge is -2.20. The molecule has 1 N–H and O–H groups in total. The molecule has 0 aromatic heterocycles. The highest BCUT2D eigenvalue weighted by molar-refractivity contribution is 8.26. The van der Waals surface area contributed by atoms with Crippen molar-refractivity contribution in [3.8, 4) is 0 Å². The molecule has 156 valence electrons. The predicted molar refractivity (Wildman–Crippen MR) is 116 cm³/mol. The molecule has 1 aromatic carbocycles. The van der Waals surface area contributed by atoms with Crippen molar-refractivity contribution in [2.24, 2.45) is 0 Å². The molecule has 1 saturated heterocycles. The highest BCUT2D eigenvalue weighted by Crippen LogP contribution is 2.32. The first-order valence-electron chi connectivity index (χ1n) is 9.23. The van der Waals surface area contributed by atoms with Gasteiger partial charge in [-0.15, -0.1) is 0 Å². The smallest absolute Gasteiger partial charge is 0.337 e. The zero-order valence-corrected chi connectivity index (χ0v) is 18.1. The molecule has 7 nitrogen and oxygen atoms in total. The van der Waals surface area contributed by atoms with Crippen LogP contribution in [0.2, 0.25) is 0 Å². The van der Waals surface area contributed by atoms with E-state index < -0.39 is 5.97 Å². The third-order valence-corrected chi connectivity index (χ3v) is 5.76. The minimum absolute atomic E-state index is 0.0479. The maximum atomic E-state index is 12.7. The summed E-state index contributed by atoms with van der Waals surface area (Å²) in [7, 11) is 1.32. The topological polar surface area (TPSA) is 87.2 Å². The van der Waals surface area contributed by atoms with Gasteiger partial charge in [-0.05, 0) is 37.1 Å². The second kappa shape index (κ2) is 11.1. The Kier molecular flexibility index (Phi) is 8.81. The van der Waals surface area contributed by atoms with Crippen LogP contribution in [0, 0.1) is 0 Å². The maximum absolute atomic E-state index is 12.7. The van der Waals surface area contributed by atoms with Crippen molar-refractivity contribution in [1.29, 1.82) is 0 Å². The number of ether oxygens (including phenoxy) is 1. The SMILES string of the molecule is CCN(CCO)C(=O)CCCN1C(=O)/C(=C/c2ccc(C(=O)OC)cc2)SC1=S. The quantitative estimate of drug-likeness (QED) is 0.361. The fourth-order valence-electron chi connectivity index (χ4n) is 2.80. The standard InChI is InChI=1S/C20H24N2O5S2/c1-3-21(11-12-23)17(24)5-4-10-22-18(25)16(29-20(22)28)13-14-6-8-15(9-7-14)19(26)27-2/h6-9,13,23H,3-5,10-12H2,1-2H3/b16-13-. The lowest BCUT2D eigenvalue weighted by Crippen LogP contribution is -2.34. The van der Waals surface area contributed by atoms with E-state index in [1.165, 1.54) is 23.8 Å². The number of carbonyl (C=O) groups is 3. The summed E-state index contributed by atoms with van der Waals surface area (Å²) < 4.78 is 5.13. The molecule has 1 aromatic rings. The van der Waals surface area contributed by atoms with Crippen molar-refractivity contribution in [3.63, 3.8) is 0 Å². The van der Waals surface area contributed by atoms with Crippen LogP contribution in [0.4, 0.5) is 0 Å². The fourth-order valence-corrected chi connectivity index (χ4v) is 4.11. The van der Waals surface area contributed by atoms with Gasteiger partial charge in [0.25, 0.3) is 5.91 Å². The summed E-state index contributed by atoms with van der Waals surface area (Å²) in [6, 6.07) is 6.74. The lowest BCUT2D eigenvalue weighted by molar-refractivity contribution is -0.132. The van der Waals surface area contributed by atoms with Gasteiger partial charge in [-0.25, -0.2) is 4.79 Å². The molecule has 1 aliphatic rings. The van der Waals surface area contributed by atoms with Gasteiger partial charge in [-0.3, -0.25) is 14.5 Å². The second-order valence-electron chi connectivity index (χ2n) is 6.25. The van der Waals surface area contributed by atoms with E-state index in [1.807, 2.05) is 6.92 Å². The summed E-state index contributed by atoms with van der Waals surface area (Å²) in [5.74, 6) is -0.654. The van der Waals surface area contributed by atoms with E-state index in [-0.39, 0.29) is 18.4 Å². The molecule has 2 amide bonds. The number of benzene rings is 1. The number of amides is 2. The van der Waals surface area contributed by atoms with E-state index in [0.717, 1.165) is 5.56 Å². The van der Waals surface area contributed by atoms with Crippen LogP contribution < -0.4 is 0 Å². The van der Waals surface area contributed by atoms with Gasteiger partial charge < -0.3 is 14.7 Å². The van der Waals surface area contributed by atoms with Crippen LogP contribution in [0.15, 0.2) is 29.2 Å². The van der Waals surface area contributed by atoms with Crippen molar-refractivity contribution in [2.75, 3.05) is 33.4 Å². The first-order chi connectivity index (χ1) is 13.9. The van der Waals surface area contributed by atoms with Crippen LogP contribution in [-0.4, -0.2) is 70.4 Å². The number of likely N-dealkylation sites (N-methyl/N-ethyl adjacent to an activating group) is 1. The number of methoxy groups -OCH3 is 1. The van der Waals surface area contributed by atoms with Crippen LogP contribution in [0.25, 0.3) is 6.08 Å². The van der Waals surface area contributed by atoms with E-state index in [4.69, 9.17) is 17.3 Å². The zero-order chi connectivity index (χ0) is 21.4. The first-order valence-corrected chi connectivity index (χ1v) is 10.5. The maximum Gasteiger partial charge on any atom is 0.337 e. The third-order valence-electron chi connectivity index (χ3n) is 4.38. The van der Waals surface area contributed by atoms with Crippen molar-refractivity contribution < 1.29 is 24.2 Å². The number of hydrogen-bond acceptors (Lipinski definition) is 7. The van der Waals surface area contributed by atoms with Crippen molar-refractivity contribution in [2.45, 2.75) is 19.8 Å². The number of rotatable bonds is 9. The molecule has 1 heterocycles. The Labute approximate surface area is 179 Å². The Hall–Kier alpha value is -2.23. The Balaban J connectivity index is 1.96. The fraction of sp³-hybridized carbons (Fsp3) is 0.400. The molecule has 0 radical (unpaired) electrons. The molecule has 0 unspecified atom stereocenters. The number of esters is 1. The number of thioether (sulfide) groups is 1. The second-order valence-corrected chi connectivity index (χ2v) is 7.92. The molecule has 0 bridgehead atoms. The summed E-state index contributed by atoms with van der Waals surface area (Å²) in [6.07, 6.45) is 2.51. The lowest BCUT2D eigenvalue weighted by atomic mass is 10.1. The van der Waals surface area contributed by atoms with Gasteiger partial charge in [-0.1, -0.05) is 36.1 Å². The van der Waals surface area contributed by atoms with Crippen LogP contribution in [0.1, 0.15) is 35.7 Å². The molecule has 0 aliphatic carbocycles. The molecule has 9 heteroatoms. The van der Waals surface area contributed by atoms with E-state index >= 15 is 0 Å². The van der Waals surface area contributed by atoms with Crippen molar-refractivity contribution >= 4 is 52.2 Å². The molecule has 29 heavy (non-hydrogen) atoms. The Morgan fingerprint density at radius 1 is 1.31 bits per heavy atom. The molecule has 1 aliphatic heterocycles. The molecule has 0 saturated carbocycles. The predicted octanol–water partition coefficient (Wildman–Crippen LogP) is 2.30. The third kappa shape index (κ3) is 6.12. The minimum Gasteiger partial charge on any atom is -0.465 e. The summed E-state index contributed by atoms with van der Waals surface area (Å²) in [5.41, 5.74) is 1.21. The van der Waals surface area contributed by atoms with Crippen LogP contribution in [-0.2, 0) is 14.3 Å². The summed E-state index contributed by atoms with van der Waals surface area (Å²) in [5, 5.41) is 8.99. The van der Waals surface area contributed by atoms with Gasteiger partial charge in [0, 0.05) is 26.1 Å². The summed E-state index contributed by atoms with van der Waals surface area (Å²) in [6.45, 7) is 3.01. The van der Waals surface area contributed by atoms with Crippen molar-refractivity contribution in [3.05, 3.63) is 40.3 Å². The van der Waals surface area contributed by atoms with Gasteiger partial charge >= 0.3 is 5.97 Å². The monoisotopic (exact) mass is 436 g/mol. The zero-order valence-electron chi connectivity index (χ0n) is 16.4. The van der Waals surface area contributed by atoms with E-state index in [2.05, 4.69) is 4.74 Å². The van der Waals surface area contributed by atoms with Gasteiger partial charge in [0.2, 0.25) is 5.91 Å². The van der Waals surface area contributed by atoms with E-state index in [0.29, 0.717) is 47.3 Å². The van der Waals surface area contributed by atoms with Gasteiger partial charge in [-0.2, -0.15) is 0 Å². The highest BCUT2D eigenvalue weighted by Gasteiger charge is 2.31. The number of nitrogens with zero attached hydrogens (tertiary/aromatic N) is 2. The van der Waals surface area contributed by atoms with Crippen LogP contribution in [0.3, 0.4) is 0 Å². The normalized spacial score (nSPS) is 15.1. The largest absolute Gasteiger partial charge is 0.465 e. The van der Waals surface area contributed by atoms with E-state index in [1.54, 1.807) is 35.2 Å².